The van der Waals surface area contributed by atoms with Gasteiger partial charge in [0.15, 0.2) is 0 Å². The molecule has 3 rings (SSSR count). The zero-order valence-corrected chi connectivity index (χ0v) is 13.9. The predicted molar refractivity (Wildman–Crippen MR) is 87.1 cm³/mol. The summed E-state index contributed by atoms with van der Waals surface area (Å²) in [6.07, 6.45) is 0.913. The summed E-state index contributed by atoms with van der Waals surface area (Å²) in [5.41, 5.74) is 5.02. The molecule has 1 heterocycles. The Morgan fingerprint density at radius 2 is 2.23 bits per heavy atom. The van der Waals surface area contributed by atoms with Crippen molar-refractivity contribution in [2.24, 2.45) is 0 Å². The molecule has 0 saturated carbocycles. The molecule has 1 amide bonds. The van der Waals surface area contributed by atoms with E-state index in [9.17, 15) is 4.79 Å². The van der Waals surface area contributed by atoms with Crippen LogP contribution in [-0.2, 0) is 16.8 Å². The van der Waals surface area contributed by atoms with E-state index in [2.05, 4.69) is 42.3 Å². The number of carbonyl (C=O) groups excluding carboxylic acids is 1. The van der Waals surface area contributed by atoms with Crippen LogP contribution in [0.4, 0.5) is 0 Å². The summed E-state index contributed by atoms with van der Waals surface area (Å²) in [7, 11) is 1.61. The molecule has 1 unspecified atom stereocenters. The van der Waals surface area contributed by atoms with E-state index >= 15 is 0 Å². The molecule has 22 heavy (non-hydrogen) atoms. The van der Waals surface area contributed by atoms with Crippen molar-refractivity contribution >= 4 is 17.2 Å². The number of aromatic nitrogens is 1. The summed E-state index contributed by atoms with van der Waals surface area (Å²) in [6.45, 7) is 4.81. The van der Waals surface area contributed by atoms with Crippen LogP contribution in [0.3, 0.4) is 0 Å². The van der Waals surface area contributed by atoms with Crippen LogP contribution < -0.4 is 5.32 Å². The number of nitrogens with zero attached hydrogens (tertiary/aromatic N) is 1. The zero-order valence-electron chi connectivity index (χ0n) is 13.1. The molecule has 0 radical (unpaired) electrons. The van der Waals surface area contributed by atoms with E-state index in [4.69, 9.17) is 4.74 Å². The molecule has 5 heteroatoms. The van der Waals surface area contributed by atoms with Crippen LogP contribution in [0.2, 0.25) is 0 Å². The molecule has 116 valence electrons. The molecule has 1 aliphatic carbocycles. The highest BCUT2D eigenvalue weighted by atomic mass is 32.1. The lowest BCUT2D eigenvalue weighted by Gasteiger charge is -2.19. The van der Waals surface area contributed by atoms with Crippen molar-refractivity contribution in [1.29, 1.82) is 0 Å². The molecule has 1 atom stereocenters. The van der Waals surface area contributed by atoms with Gasteiger partial charge in [0.25, 0.3) is 5.91 Å². The first-order valence-electron chi connectivity index (χ1n) is 7.34. The first kappa shape index (κ1) is 15.2. The highest BCUT2D eigenvalue weighted by Gasteiger charge is 2.37. The van der Waals surface area contributed by atoms with Gasteiger partial charge >= 0.3 is 0 Å². The molecule has 0 aliphatic heterocycles. The Morgan fingerprint density at radius 1 is 1.45 bits per heavy atom. The van der Waals surface area contributed by atoms with Crippen molar-refractivity contribution in [2.75, 3.05) is 7.11 Å². The fourth-order valence-electron chi connectivity index (χ4n) is 3.19. The summed E-state index contributed by atoms with van der Waals surface area (Å²) >= 11 is 1.36. The summed E-state index contributed by atoms with van der Waals surface area (Å²) in [4.78, 5) is 17.4. The highest BCUT2D eigenvalue weighted by Crippen LogP contribution is 2.44. The molecular formula is C17H20N2O2S. The van der Waals surface area contributed by atoms with Crippen LogP contribution in [0, 0.1) is 0 Å². The Balaban J connectivity index is 1.82. The third kappa shape index (κ3) is 2.66. The summed E-state index contributed by atoms with van der Waals surface area (Å²) in [5.74, 6) is -0.0629. The van der Waals surface area contributed by atoms with Crippen molar-refractivity contribution in [1.82, 2.24) is 10.3 Å². The lowest BCUT2D eigenvalue weighted by molar-refractivity contribution is 0.0933. The molecule has 1 aromatic heterocycles. The van der Waals surface area contributed by atoms with E-state index < -0.39 is 0 Å². The maximum Gasteiger partial charge on any atom is 0.263 e. The lowest BCUT2D eigenvalue weighted by Crippen LogP contribution is -2.28. The zero-order chi connectivity index (χ0) is 15.7. The van der Waals surface area contributed by atoms with Gasteiger partial charge in [0.2, 0.25) is 0 Å². The van der Waals surface area contributed by atoms with Crippen molar-refractivity contribution in [2.45, 2.75) is 38.3 Å². The molecule has 0 saturated heterocycles. The van der Waals surface area contributed by atoms with Gasteiger partial charge < -0.3 is 10.1 Å². The second-order valence-electron chi connectivity index (χ2n) is 6.26. The Hall–Kier alpha value is -1.72. The second-order valence-corrected chi connectivity index (χ2v) is 7.12. The van der Waals surface area contributed by atoms with Gasteiger partial charge in [0.05, 0.1) is 23.9 Å². The van der Waals surface area contributed by atoms with E-state index in [1.54, 1.807) is 12.6 Å². The highest BCUT2D eigenvalue weighted by molar-refractivity contribution is 7.11. The Labute approximate surface area is 134 Å². The van der Waals surface area contributed by atoms with Crippen molar-refractivity contribution in [3.05, 3.63) is 51.5 Å². The smallest absolute Gasteiger partial charge is 0.263 e. The van der Waals surface area contributed by atoms with E-state index in [1.165, 1.54) is 22.5 Å². The van der Waals surface area contributed by atoms with Gasteiger partial charge in [0.1, 0.15) is 4.88 Å². The van der Waals surface area contributed by atoms with Crippen LogP contribution in [0.25, 0.3) is 0 Å². The normalized spacial score (nSPS) is 19.0. The van der Waals surface area contributed by atoms with Crippen molar-refractivity contribution in [3.63, 3.8) is 0 Å². The number of nitrogens with one attached hydrogen (secondary N) is 1. The molecule has 1 aliphatic rings. The van der Waals surface area contributed by atoms with Gasteiger partial charge in [-0.3, -0.25) is 4.79 Å². The number of carbonyl (C=O) groups is 1. The van der Waals surface area contributed by atoms with Crippen molar-refractivity contribution in [3.8, 4) is 0 Å². The monoisotopic (exact) mass is 316 g/mol. The molecule has 0 spiro atoms. The van der Waals surface area contributed by atoms with Crippen LogP contribution >= 0.6 is 11.3 Å². The van der Waals surface area contributed by atoms with Crippen LogP contribution in [0.1, 0.15) is 52.8 Å². The minimum absolute atomic E-state index is 0.0520. The van der Waals surface area contributed by atoms with Crippen LogP contribution in [-0.4, -0.2) is 18.0 Å². The summed E-state index contributed by atoms with van der Waals surface area (Å²) in [6, 6.07) is 8.41. The largest absolute Gasteiger partial charge is 0.378 e. The van der Waals surface area contributed by atoms with E-state index in [-0.39, 0.29) is 17.4 Å². The number of amides is 1. The number of benzene rings is 1. The van der Waals surface area contributed by atoms with E-state index in [0.717, 1.165) is 6.42 Å². The standard InChI is InChI=1S/C17H20N2O2S/c1-17(2)8-13(11-6-4-5-7-12(11)17)19-16(20)15-14(9-21-3)18-10-22-15/h4-7,10,13H,8-9H2,1-3H3,(H,19,20). The Kier molecular flexibility index (Phi) is 4.02. The molecule has 4 nitrogen and oxygen atoms in total. The van der Waals surface area contributed by atoms with Crippen LogP contribution in [0.5, 0.6) is 0 Å². The number of hydrogen-bond acceptors (Lipinski definition) is 4. The molecular weight excluding hydrogens is 296 g/mol. The first-order valence-corrected chi connectivity index (χ1v) is 8.22. The quantitative estimate of drug-likeness (QED) is 0.940. The van der Waals surface area contributed by atoms with Crippen molar-refractivity contribution < 1.29 is 9.53 Å². The maximum absolute atomic E-state index is 12.6. The fraction of sp³-hybridized carbons (Fsp3) is 0.412. The van der Waals surface area contributed by atoms with Crippen LogP contribution in [0.15, 0.2) is 29.8 Å². The molecule has 0 bridgehead atoms. The SMILES string of the molecule is COCc1ncsc1C(=O)NC1CC(C)(C)c2ccccc21. The van der Waals surface area contributed by atoms with Gasteiger partial charge in [-0.15, -0.1) is 11.3 Å². The first-order chi connectivity index (χ1) is 10.5. The third-order valence-corrected chi connectivity index (χ3v) is 5.08. The summed E-state index contributed by atoms with van der Waals surface area (Å²) < 4.78 is 5.10. The predicted octanol–water partition coefficient (Wildman–Crippen LogP) is 3.44. The van der Waals surface area contributed by atoms with E-state index in [0.29, 0.717) is 17.2 Å². The number of ether oxygens (including phenoxy) is 1. The second kappa shape index (κ2) is 5.82. The Morgan fingerprint density at radius 3 is 3.00 bits per heavy atom. The molecule has 1 N–H and O–H groups in total. The molecule has 0 fully saturated rings. The molecule has 1 aromatic carbocycles. The minimum atomic E-state index is -0.0629. The van der Waals surface area contributed by atoms with E-state index in [1.807, 2.05) is 6.07 Å². The average Bonchev–Trinajstić information content (AvgIpc) is 3.04. The number of fused-ring (bicyclic) bond motifs is 1. The lowest BCUT2D eigenvalue weighted by atomic mass is 9.86. The topological polar surface area (TPSA) is 51.2 Å². The number of hydrogen-bond donors (Lipinski definition) is 1. The average molecular weight is 316 g/mol. The number of rotatable bonds is 4. The molecule has 2 aromatic rings. The minimum Gasteiger partial charge on any atom is -0.378 e. The van der Waals surface area contributed by atoms with Gasteiger partial charge in [-0.25, -0.2) is 4.98 Å². The summed E-state index contributed by atoms with van der Waals surface area (Å²) in [5, 5.41) is 3.17. The number of thiazole rings is 1. The fourth-order valence-corrected chi connectivity index (χ4v) is 3.89. The van der Waals surface area contributed by atoms with Gasteiger partial charge in [-0.1, -0.05) is 38.1 Å². The Bertz CT molecular complexity index is 693. The maximum atomic E-state index is 12.6. The van der Waals surface area contributed by atoms with Gasteiger partial charge in [-0.2, -0.15) is 0 Å². The van der Waals surface area contributed by atoms with Gasteiger partial charge in [0, 0.05) is 7.11 Å². The number of methoxy groups -OCH3 is 1. The van der Waals surface area contributed by atoms with Gasteiger partial charge in [-0.05, 0) is 23.0 Å². The third-order valence-electron chi connectivity index (χ3n) is 4.21.